The van der Waals surface area contributed by atoms with Gasteiger partial charge >= 0.3 is 6.18 Å². The van der Waals surface area contributed by atoms with Gasteiger partial charge in [-0.3, -0.25) is 0 Å². The Morgan fingerprint density at radius 1 is 0.710 bits per heavy atom. The first-order chi connectivity index (χ1) is 14.9. The third kappa shape index (κ3) is 4.80. The minimum atomic E-state index is -4.39. The SMILES string of the molecule is Fc1ccccc1Nc1ccccc1-c1cc(Nc2ccc(C(F)(F)F)cc2)ncn1. The maximum atomic E-state index is 14.0. The van der Waals surface area contributed by atoms with Crippen LogP contribution < -0.4 is 10.6 Å². The zero-order chi connectivity index (χ0) is 21.8. The Bertz CT molecular complexity index is 1190. The molecule has 0 aliphatic rings. The van der Waals surface area contributed by atoms with E-state index in [9.17, 15) is 17.6 Å². The van der Waals surface area contributed by atoms with Crippen molar-refractivity contribution in [1.29, 1.82) is 0 Å². The molecule has 31 heavy (non-hydrogen) atoms. The Hall–Kier alpha value is -3.94. The third-order valence-corrected chi connectivity index (χ3v) is 4.50. The van der Waals surface area contributed by atoms with Crippen LogP contribution in [0.4, 0.5) is 40.4 Å². The van der Waals surface area contributed by atoms with Gasteiger partial charge in [0.15, 0.2) is 0 Å². The van der Waals surface area contributed by atoms with Crippen LogP contribution in [0.3, 0.4) is 0 Å². The van der Waals surface area contributed by atoms with Gasteiger partial charge in [-0.25, -0.2) is 14.4 Å². The zero-order valence-electron chi connectivity index (χ0n) is 16.0. The zero-order valence-corrected chi connectivity index (χ0v) is 16.0. The summed E-state index contributed by atoms with van der Waals surface area (Å²) >= 11 is 0. The van der Waals surface area contributed by atoms with Gasteiger partial charge in [0.1, 0.15) is 18.0 Å². The molecule has 0 saturated heterocycles. The van der Waals surface area contributed by atoms with E-state index < -0.39 is 11.7 Å². The summed E-state index contributed by atoms with van der Waals surface area (Å²) in [7, 11) is 0. The van der Waals surface area contributed by atoms with Gasteiger partial charge in [0.05, 0.1) is 16.9 Å². The van der Waals surface area contributed by atoms with Crippen molar-refractivity contribution in [2.45, 2.75) is 6.18 Å². The summed E-state index contributed by atoms with van der Waals surface area (Å²) in [6, 6.07) is 19.9. The maximum Gasteiger partial charge on any atom is 0.416 e. The average molecular weight is 424 g/mol. The van der Waals surface area contributed by atoms with E-state index in [0.29, 0.717) is 34.1 Å². The Morgan fingerprint density at radius 2 is 1.39 bits per heavy atom. The molecule has 8 heteroatoms. The van der Waals surface area contributed by atoms with Gasteiger partial charge in [0, 0.05) is 23.0 Å². The van der Waals surface area contributed by atoms with Crippen LogP contribution in [0.5, 0.6) is 0 Å². The summed E-state index contributed by atoms with van der Waals surface area (Å²) in [5.41, 5.74) is 1.97. The molecular formula is C23H16F4N4. The lowest BCUT2D eigenvalue weighted by Gasteiger charge is -2.13. The summed E-state index contributed by atoms with van der Waals surface area (Å²) in [5, 5.41) is 6.04. The lowest BCUT2D eigenvalue weighted by Crippen LogP contribution is -2.04. The van der Waals surface area contributed by atoms with Crippen LogP contribution in [-0.2, 0) is 6.18 Å². The topological polar surface area (TPSA) is 49.8 Å². The standard InChI is InChI=1S/C23H16F4N4/c24-18-6-2-4-8-20(18)31-19-7-3-1-5-17(19)21-13-22(29-14-28-21)30-16-11-9-15(10-12-16)23(25,26)27/h1-14,31H,(H,28,29,30). The van der Waals surface area contributed by atoms with E-state index in [1.807, 2.05) is 18.2 Å². The highest BCUT2D eigenvalue weighted by atomic mass is 19.4. The van der Waals surface area contributed by atoms with Gasteiger partial charge in [0.2, 0.25) is 0 Å². The van der Waals surface area contributed by atoms with Crippen molar-refractivity contribution in [3.05, 3.63) is 96.6 Å². The minimum absolute atomic E-state index is 0.326. The molecule has 4 aromatic rings. The van der Waals surface area contributed by atoms with Crippen molar-refractivity contribution in [2.24, 2.45) is 0 Å². The molecule has 3 aromatic carbocycles. The second kappa shape index (κ2) is 8.43. The molecule has 0 atom stereocenters. The van der Waals surface area contributed by atoms with Crippen molar-refractivity contribution in [3.63, 3.8) is 0 Å². The van der Waals surface area contributed by atoms with Crippen molar-refractivity contribution in [2.75, 3.05) is 10.6 Å². The predicted octanol–water partition coefficient (Wildman–Crippen LogP) is 6.79. The minimum Gasteiger partial charge on any atom is -0.353 e. The van der Waals surface area contributed by atoms with E-state index in [1.165, 1.54) is 24.5 Å². The van der Waals surface area contributed by atoms with E-state index in [0.717, 1.165) is 12.1 Å². The van der Waals surface area contributed by atoms with E-state index >= 15 is 0 Å². The lowest BCUT2D eigenvalue weighted by molar-refractivity contribution is -0.137. The monoisotopic (exact) mass is 424 g/mol. The lowest BCUT2D eigenvalue weighted by atomic mass is 10.1. The van der Waals surface area contributed by atoms with E-state index in [-0.39, 0.29) is 5.82 Å². The fourth-order valence-corrected chi connectivity index (χ4v) is 2.99. The van der Waals surface area contributed by atoms with Crippen LogP contribution in [-0.4, -0.2) is 9.97 Å². The van der Waals surface area contributed by atoms with E-state index in [1.54, 1.807) is 30.3 Å². The average Bonchev–Trinajstić information content (AvgIpc) is 2.76. The second-order valence-corrected chi connectivity index (χ2v) is 6.64. The van der Waals surface area contributed by atoms with Crippen molar-refractivity contribution >= 4 is 22.9 Å². The molecule has 0 aliphatic heterocycles. The van der Waals surface area contributed by atoms with Gasteiger partial charge in [-0.1, -0.05) is 30.3 Å². The summed E-state index contributed by atoms with van der Waals surface area (Å²) in [6.45, 7) is 0. The van der Waals surface area contributed by atoms with Gasteiger partial charge in [-0.05, 0) is 42.5 Å². The highest BCUT2D eigenvalue weighted by molar-refractivity contribution is 5.80. The number of hydrogen-bond acceptors (Lipinski definition) is 4. The maximum absolute atomic E-state index is 14.0. The number of halogens is 4. The molecule has 4 nitrogen and oxygen atoms in total. The predicted molar refractivity (Wildman–Crippen MR) is 112 cm³/mol. The van der Waals surface area contributed by atoms with Gasteiger partial charge in [0.25, 0.3) is 0 Å². The molecule has 0 radical (unpaired) electrons. The molecule has 0 unspecified atom stereocenters. The Morgan fingerprint density at radius 3 is 2.10 bits per heavy atom. The Kier molecular flexibility index (Phi) is 5.53. The molecule has 0 saturated carbocycles. The molecule has 1 heterocycles. The Balaban J connectivity index is 1.60. The highest BCUT2D eigenvalue weighted by Gasteiger charge is 2.29. The van der Waals surface area contributed by atoms with E-state index in [4.69, 9.17) is 0 Å². The number of aromatic nitrogens is 2. The smallest absolute Gasteiger partial charge is 0.353 e. The molecule has 1 aromatic heterocycles. The first-order valence-corrected chi connectivity index (χ1v) is 9.27. The second-order valence-electron chi connectivity index (χ2n) is 6.64. The normalized spacial score (nSPS) is 11.2. The largest absolute Gasteiger partial charge is 0.416 e. The van der Waals surface area contributed by atoms with Gasteiger partial charge in [-0.2, -0.15) is 13.2 Å². The summed E-state index contributed by atoms with van der Waals surface area (Å²) < 4.78 is 52.3. The number of benzene rings is 3. The molecular weight excluding hydrogens is 408 g/mol. The highest BCUT2D eigenvalue weighted by Crippen LogP contribution is 2.32. The molecule has 2 N–H and O–H groups in total. The van der Waals surface area contributed by atoms with Crippen molar-refractivity contribution in [3.8, 4) is 11.3 Å². The van der Waals surface area contributed by atoms with Crippen LogP contribution in [0, 0.1) is 5.82 Å². The van der Waals surface area contributed by atoms with Crippen LogP contribution in [0.25, 0.3) is 11.3 Å². The first kappa shape index (κ1) is 20.3. The number of alkyl halides is 3. The number of hydrogen-bond donors (Lipinski definition) is 2. The summed E-state index contributed by atoms with van der Waals surface area (Å²) in [6.07, 6.45) is -3.04. The molecule has 0 spiro atoms. The molecule has 156 valence electrons. The number of rotatable bonds is 5. The number of nitrogens with one attached hydrogen (secondary N) is 2. The quantitative estimate of drug-likeness (QED) is 0.347. The fraction of sp³-hybridized carbons (Fsp3) is 0.0435. The third-order valence-electron chi connectivity index (χ3n) is 4.50. The first-order valence-electron chi connectivity index (χ1n) is 9.27. The Labute approximate surface area is 175 Å². The molecule has 0 fully saturated rings. The molecule has 0 bridgehead atoms. The van der Waals surface area contributed by atoms with Crippen LogP contribution in [0.1, 0.15) is 5.56 Å². The molecule has 4 rings (SSSR count). The number of para-hydroxylation sites is 2. The van der Waals surface area contributed by atoms with Crippen LogP contribution in [0.15, 0.2) is 85.2 Å². The molecule has 0 aliphatic carbocycles. The number of anilines is 4. The molecule has 0 amide bonds. The van der Waals surface area contributed by atoms with Gasteiger partial charge in [-0.15, -0.1) is 0 Å². The van der Waals surface area contributed by atoms with E-state index in [2.05, 4.69) is 20.6 Å². The van der Waals surface area contributed by atoms with Crippen LogP contribution in [0.2, 0.25) is 0 Å². The van der Waals surface area contributed by atoms with Crippen molar-refractivity contribution < 1.29 is 17.6 Å². The van der Waals surface area contributed by atoms with Crippen LogP contribution >= 0.6 is 0 Å². The van der Waals surface area contributed by atoms with Gasteiger partial charge < -0.3 is 10.6 Å². The summed E-state index contributed by atoms with van der Waals surface area (Å²) in [5.74, 6) is 0.0232. The number of nitrogens with zero attached hydrogens (tertiary/aromatic N) is 2. The summed E-state index contributed by atoms with van der Waals surface area (Å²) in [4.78, 5) is 8.42. The van der Waals surface area contributed by atoms with Crippen molar-refractivity contribution in [1.82, 2.24) is 9.97 Å². The fourth-order valence-electron chi connectivity index (χ4n) is 2.99.